The molecule has 126 valence electrons. The van der Waals surface area contributed by atoms with Crippen molar-refractivity contribution < 1.29 is 14.3 Å². The number of ketones is 1. The highest BCUT2D eigenvalue weighted by Crippen LogP contribution is 2.13. The minimum Gasteiger partial charge on any atom is -0.497 e. The Morgan fingerprint density at radius 1 is 1.00 bits per heavy atom. The number of rotatable bonds is 9. The fourth-order valence-corrected chi connectivity index (χ4v) is 2.38. The number of hydrogen-bond acceptors (Lipinski definition) is 3. The van der Waals surface area contributed by atoms with E-state index in [1.165, 1.54) is 0 Å². The molecule has 3 heteroatoms. The number of allylic oxidation sites excluding steroid dienone is 1. The summed E-state index contributed by atoms with van der Waals surface area (Å²) < 4.78 is 10.8. The van der Waals surface area contributed by atoms with Crippen LogP contribution < -0.4 is 4.74 Å². The zero-order chi connectivity index (χ0) is 17.2. The molecule has 0 amide bonds. The molecule has 0 saturated carbocycles. The Balaban J connectivity index is 1.78. The van der Waals surface area contributed by atoms with Gasteiger partial charge in [-0.1, -0.05) is 48.5 Å². The first-order valence-electron chi connectivity index (χ1n) is 8.13. The zero-order valence-electron chi connectivity index (χ0n) is 14.3. The lowest BCUT2D eigenvalue weighted by atomic mass is 10.0. The van der Waals surface area contributed by atoms with Crippen molar-refractivity contribution in [3.05, 3.63) is 77.4 Å². The lowest BCUT2D eigenvalue weighted by Gasteiger charge is -2.06. The second kappa shape index (κ2) is 9.68. The molecular weight excluding hydrogens is 300 g/mol. The van der Waals surface area contributed by atoms with Crippen molar-refractivity contribution in [3.63, 3.8) is 0 Å². The van der Waals surface area contributed by atoms with Gasteiger partial charge in [0.2, 0.25) is 0 Å². The lowest BCUT2D eigenvalue weighted by molar-refractivity contribution is -0.113. The molecule has 2 rings (SSSR count). The Morgan fingerprint density at radius 2 is 1.71 bits per heavy atom. The summed E-state index contributed by atoms with van der Waals surface area (Å²) in [4.78, 5) is 11.8. The van der Waals surface area contributed by atoms with Crippen molar-refractivity contribution in [1.82, 2.24) is 0 Å². The van der Waals surface area contributed by atoms with Gasteiger partial charge in [0.1, 0.15) is 5.75 Å². The van der Waals surface area contributed by atoms with Crippen molar-refractivity contribution in [2.45, 2.75) is 26.4 Å². The minimum absolute atomic E-state index is 0.119. The van der Waals surface area contributed by atoms with E-state index in [1.807, 2.05) is 60.7 Å². The van der Waals surface area contributed by atoms with Gasteiger partial charge in [0.25, 0.3) is 0 Å². The summed E-state index contributed by atoms with van der Waals surface area (Å²) >= 11 is 0. The van der Waals surface area contributed by atoms with Crippen LogP contribution in [0, 0.1) is 0 Å². The summed E-state index contributed by atoms with van der Waals surface area (Å²) in [7, 11) is 1.65. The Hall–Kier alpha value is -2.39. The van der Waals surface area contributed by atoms with E-state index in [-0.39, 0.29) is 5.78 Å². The first-order valence-corrected chi connectivity index (χ1v) is 8.13. The maximum Gasteiger partial charge on any atom is 0.155 e. The molecule has 0 fully saturated rings. The van der Waals surface area contributed by atoms with Crippen LogP contribution in [0.25, 0.3) is 0 Å². The number of ether oxygens (including phenoxy) is 2. The predicted molar refractivity (Wildman–Crippen MR) is 96.2 cm³/mol. The smallest absolute Gasteiger partial charge is 0.155 e. The Kier molecular flexibility index (Phi) is 7.24. The van der Waals surface area contributed by atoms with E-state index in [4.69, 9.17) is 9.47 Å². The molecule has 0 aromatic heterocycles. The number of methoxy groups -OCH3 is 1. The Labute approximate surface area is 143 Å². The largest absolute Gasteiger partial charge is 0.497 e. The van der Waals surface area contributed by atoms with Gasteiger partial charge in [-0.15, -0.1) is 0 Å². The number of carbonyl (C=O) groups excluding carboxylic acids is 1. The van der Waals surface area contributed by atoms with E-state index in [1.54, 1.807) is 14.0 Å². The maximum atomic E-state index is 11.8. The average Bonchev–Trinajstić information content (AvgIpc) is 2.61. The van der Waals surface area contributed by atoms with Crippen molar-refractivity contribution >= 4 is 5.78 Å². The third-order valence-corrected chi connectivity index (χ3v) is 3.77. The molecule has 0 aliphatic rings. The molecule has 0 heterocycles. The van der Waals surface area contributed by atoms with Gasteiger partial charge >= 0.3 is 0 Å². The van der Waals surface area contributed by atoms with Crippen LogP contribution in [0.2, 0.25) is 0 Å². The van der Waals surface area contributed by atoms with Gasteiger partial charge < -0.3 is 9.47 Å². The number of carbonyl (C=O) groups is 1. The van der Waals surface area contributed by atoms with Crippen LogP contribution >= 0.6 is 0 Å². The second-order valence-corrected chi connectivity index (χ2v) is 5.64. The molecule has 24 heavy (non-hydrogen) atoms. The van der Waals surface area contributed by atoms with Gasteiger partial charge in [0.15, 0.2) is 5.78 Å². The lowest BCUT2D eigenvalue weighted by Crippen LogP contribution is -2.02. The third-order valence-electron chi connectivity index (χ3n) is 3.77. The minimum atomic E-state index is 0.119. The highest BCUT2D eigenvalue weighted by atomic mass is 16.5. The normalized spacial score (nSPS) is 11.3. The molecule has 0 N–H and O–H groups in total. The Bertz CT molecular complexity index is 657. The quantitative estimate of drug-likeness (QED) is 0.508. The van der Waals surface area contributed by atoms with Gasteiger partial charge in [-0.2, -0.15) is 0 Å². The van der Waals surface area contributed by atoms with Crippen LogP contribution in [0.15, 0.2) is 66.2 Å². The average molecular weight is 324 g/mol. The molecule has 0 bridgehead atoms. The van der Waals surface area contributed by atoms with Gasteiger partial charge in [-0.05, 0) is 42.2 Å². The molecule has 2 aromatic rings. The summed E-state index contributed by atoms with van der Waals surface area (Å²) in [5.74, 6) is 0.961. The van der Waals surface area contributed by atoms with E-state index < -0.39 is 0 Å². The summed E-state index contributed by atoms with van der Waals surface area (Å²) in [5.41, 5.74) is 3.10. The van der Waals surface area contributed by atoms with Gasteiger partial charge in [-0.3, -0.25) is 4.79 Å². The van der Waals surface area contributed by atoms with Crippen molar-refractivity contribution in [3.8, 4) is 5.75 Å². The molecule has 0 saturated heterocycles. The molecule has 2 aromatic carbocycles. The number of benzene rings is 2. The first-order chi connectivity index (χ1) is 11.7. The molecular formula is C21H24O3. The topological polar surface area (TPSA) is 35.5 Å². The summed E-state index contributed by atoms with van der Waals surface area (Å²) in [6.45, 7) is 2.77. The fraction of sp³-hybridized carbons (Fsp3) is 0.286. The van der Waals surface area contributed by atoms with Gasteiger partial charge in [0, 0.05) is 6.42 Å². The van der Waals surface area contributed by atoms with Crippen LogP contribution in [0.1, 0.15) is 24.5 Å². The molecule has 0 atom stereocenters. The van der Waals surface area contributed by atoms with Crippen molar-refractivity contribution in [1.29, 1.82) is 0 Å². The first kappa shape index (κ1) is 18.0. The van der Waals surface area contributed by atoms with Crippen LogP contribution in [0.5, 0.6) is 5.75 Å². The fourth-order valence-electron chi connectivity index (χ4n) is 2.38. The zero-order valence-corrected chi connectivity index (χ0v) is 14.3. The summed E-state index contributed by atoms with van der Waals surface area (Å²) in [6, 6.07) is 17.9. The predicted octanol–water partition coefficient (Wildman–Crippen LogP) is 4.36. The number of hydrogen-bond donors (Lipinski definition) is 0. The highest BCUT2D eigenvalue weighted by Gasteiger charge is 2.04. The standard InChI is InChI=1S/C21H24O3/c1-17(22)20(15-18-7-4-3-5-8-18)9-6-14-24-16-19-10-12-21(23-2)13-11-19/h3-5,7-13H,6,14-16H2,1-2H3/b20-9+. The highest BCUT2D eigenvalue weighted by molar-refractivity contribution is 5.93. The van der Waals surface area contributed by atoms with Crippen LogP contribution in [0.3, 0.4) is 0 Å². The molecule has 0 spiro atoms. The third kappa shape index (κ3) is 6.01. The van der Waals surface area contributed by atoms with E-state index in [2.05, 4.69) is 0 Å². The molecule has 0 aliphatic carbocycles. The molecule has 0 aliphatic heterocycles. The second-order valence-electron chi connectivity index (χ2n) is 5.64. The molecule has 0 radical (unpaired) electrons. The van der Waals surface area contributed by atoms with Crippen molar-refractivity contribution in [2.75, 3.05) is 13.7 Å². The monoisotopic (exact) mass is 324 g/mol. The SMILES string of the molecule is COc1ccc(COCC/C=C(\Cc2ccccc2)C(C)=O)cc1. The van der Waals surface area contributed by atoms with E-state index in [0.717, 1.165) is 28.9 Å². The summed E-state index contributed by atoms with van der Waals surface area (Å²) in [5, 5.41) is 0. The van der Waals surface area contributed by atoms with Gasteiger partial charge in [-0.25, -0.2) is 0 Å². The Morgan fingerprint density at radius 3 is 2.33 bits per heavy atom. The summed E-state index contributed by atoms with van der Waals surface area (Å²) in [6.07, 6.45) is 3.40. The van der Waals surface area contributed by atoms with Crippen LogP contribution in [0.4, 0.5) is 0 Å². The van der Waals surface area contributed by atoms with E-state index >= 15 is 0 Å². The molecule has 3 nitrogen and oxygen atoms in total. The van der Waals surface area contributed by atoms with E-state index in [0.29, 0.717) is 19.6 Å². The van der Waals surface area contributed by atoms with E-state index in [9.17, 15) is 4.79 Å². The van der Waals surface area contributed by atoms with Crippen LogP contribution in [-0.4, -0.2) is 19.5 Å². The molecule has 0 unspecified atom stereocenters. The maximum absolute atomic E-state index is 11.8. The number of Topliss-reactive ketones (excluding diaryl/α,β-unsaturated/α-hetero) is 1. The van der Waals surface area contributed by atoms with Crippen molar-refractivity contribution in [2.24, 2.45) is 0 Å². The van der Waals surface area contributed by atoms with Gasteiger partial charge in [0.05, 0.1) is 20.3 Å². The van der Waals surface area contributed by atoms with Crippen LogP contribution in [-0.2, 0) is 22.6 Å².